The van der Waals surface area contributed by atoms with Crippen molar-refractivity contribution in [3.8, 4) is 0 Å². The van der Waals surface area contributed by atoms with Gasteiger partial charge in [-0.05, 0) is 25.5 Å². The van der Waals surface area contributed by atoms with E-state index in [2.05, 4.69) is 0 Å². The number of nitrogens with one attached hydrogen (secondary N) is 1. The zero-order valence-corrected chi connectivity index (χ0v) is 12.1. The smallest absolute Gasteiger partial charge is 0.391 e. The van der Waals surface area contributed by atoms with Gasteiger partial charge in [-0.1, -0.05) is 0 Å². The molecule has 0 fully saturated rings. The fourth-order valence-corrected chi connectivity index (χ4v) is 4.05. The molecule has 0 aliphatic rings. The molecule has 20 heavy (non-hydrogen) atoms. The van der Waals surface area contributed by atoms with Crippen molar-refractivity contribution >= 4 is 27.3 Å². The zero-order chi connectivity index (χ0) is 15.7. The van der Waals surface area contributed by atoms with Crippen molar-refractivity contribution in [2.24, 2.45) is 0 Å². The van der Waals surface area contributed by atoms with E-state index in [-0.39, 0.29) is 4.21 Å². The van der Waals surface area contributed by atoms with Gasteiger partial charge >= 0.3 is 12.1 Å². The molecule has 10 heteroatoms. The molecular weight excluding hydrogens is 319 g/mol. The second-order valence-electron chi connectivity index (χ2n) is 4.14. The van der Waals surface area contributed by atoms with Crippen LogP contribution in [0, 0.1) is 13.8 Å². The van der Waals surface area contributed by atoms with Gasteiger partial charge in [-0.15, -0.1) is 11.3 Å². The van der Waals surface area contributed by atoms with Crippen LogP contribution in [0.4, 0.5) is 13.2 Å². The molecule has 0 bridgehead atoms. The Kier molecular flexibility index (Phi) is 4.82. The number of rotatable bonds is 5. The summed E-state index contributed by atoms with van der Waals surface area (Å²) < 4.78 is 61.7. The lowest BCUT2D eigenvalue weighted by Crippen LogP contribution is -2.43. The standard InChI is InChI=1S/C10H12F3NO4S2/c1-5-3-8(19-6(5)2)20(17,18)14-7(9(15)16)4-10(11,12)13/h3,7,14H,4H2,1-2H3,(H,15,16). The van der Waals surface area contributed by atoms with E-state index in [0.717, 1.165) is 11.3 Å². The number of thiophene rings is 1. The number of aliphatic carboxylic acids is 1. The van der Waals surface area contributed by atoms with E-state index in [4.69, 9.17) is 5.11 Å². The summed E-state index contributed by atoms with van der Waals surface area (Å²) in [6.45, 7) is 3.30. The molecule has 114 valence electrons. The Labute approximate surface area is 117 Å². The van der Waals surface area contributed by atoms with Crippen LogP contribution in [0.15, 0.2) is 10.3 Å². The van der Waals surface area contributed by atoms with Gasteiger partial charge in [0.1, 0.15) is 10.3 Å². The van der Waals surface area contributed by atoms with Crippen LogP contribution in [0.3, 0.4) is 0 Å². The number of halogens is 3. The summed E-state index contributed by atoms with van der Waals surface area (Å²) >= 11 is 0.868. The molecule has 0 aliphatic heterocycles. The van der Waals surface area contributed by atoms with Gasteiger partial charge in [0, 0.05) is 4.88 Å². The van der Waals surface area contributed by atoms with Crippen molar-refractivity contribution in [1.82, 2.24) is 4.72 Å². The van der Waals surface area contributed by atoms with E-state index in [0.29, 0.717) is 10.4 Å². The first-order chi connectivity index (χ1) is 8.92. The van der Waals surface area contributed by atoms with Crippen LogP contribution in [0.1, 0.15) is 16.9 Å². The SMILES string of the molecule is Cc1cc(S(=O)(=O)NC(CC(F)(F)F)C(=O)O)sc1C. The molecule has 0 radical (unpaired) electrons. The van der Waals surface area contributed by atoms with Crippen molar-refractivity contribution in [1.29, 1.82) is 0 Å². The molecule has 0 aliphatic carbocycles. The second-order valence-corrected chi connectivity index (χ2v) is 7.33. The summed E-state index contributed by atoms with van der Waals surface area (Å²) in [5.74, 6) is -1.88. The van der Waals surface area contributed by atoms with E-state index >= 15 is 0 Å². The number of alkyl halides is 3. The van der Waals surface area contributed by atoms with E-state index in [1.54, 1.807) is 18.6 Å². The van der Waals surface area contributed by atoms with E-state index in [9.17, 15) is 26.4 Å². The van der Waals surface area contributed by atoms with Crippen molar-refractivity contribution in [2.75, 3.05) is 0 Å². The number of carbonyl (C=O) groups is 1. The molecule has 0 saturated heterocycles. The lowest BCUT2D eigenvalue weighted by molar-refractivity contribution is -0.157. The van der Waals surface area contributed by atoms with Gasteiger partial charge in [0.15, 0.2) is 0 Å². The number of carboxylic acids is 1. The Morgan fingerprint density at radius 3 is 2.35 bits per heavy atom. The van der Waals surface area contributed by atoms with Crippen LogP contribution in [0.25, 0.3) is 0 Å². The monoisotopic (exact) mass is 331 g/mol. The highest BCUT2D eigenvalue weighted by atomic mass is 32.2. The van der Waals surface area contributed by atoms with Crippen LogP contribution in [-0.4, -0.2) is 31.7 Å². The summed E-state index contributed by atoms with van der Waals surface area (Å²) in [5, 5.41) is 8.68. The molecule has 5 nitrogen and oxygen atoms in total. The molecule has 1 unspecified atom stereocenters. The van der Waals surface area contributed by atoms with Crippen molar-refractivity contribution in [2.45, 2.75) is 36.7 Å². The normalized spacial score (nSPS) is 14.2. The highest BCUT2D eigenvalue weighted by Gasteiger charge is 2.38. The maximum absolute atomic E-state index is 12.2. The third-order valence-electron chi connectivity index (χ3n) is 2.44. The largest absolute Gasteiger partial charge is 0.480 e. The Balaban J connectivity index is 3.00. The van der Waals surface area contributed by atoms with Gasteiger partial charge in [-0.3, -0.25) is 4.79 Å². The van der Waals surface area contributed by atoms with Crippen molar-refractivity contribution < 1.29 is 31.5 Å². The van der Waals surface area contributed by atoms with Gasteiger partial charge in [0.25, 0.3) is 10.0 Å². The number of carboxylic acid groups (broad SMARTS) is 1. The Bertz CT molecular complexity index is 587. The van der Waals surface area contributed by atoms with Gasteiger partial charge in [0.05, 0.1) is 6.42 Å². The first-order valence-corrected chi connectivity index (χ1v) is 7.61. The van der Waals surface area contributed by atoms with Gasteiger partial charge < -0.3 is 5.11 Å². The lowest BCUT2D eigenvalue weighted by Gasteiger charge is -2.15. The van der Waals surface area contributed by atoms with E-state index in [1.165, 1.54) is 6.07 Å². The molecular formula is C10H12F3NO4S2. The first kappa shape index (κ1) is 16.9. The Hall–Kier alpha value is -1.13. The summed E-state index contributed by atoms with van der Waals surface area (Å²) in [5.41, 5.74) is 0.665. The predicted molar refractivity (Wildman–Crippen MR) is 66.2 cm³/mol. The number of sulfonamides is 1. The fraction of sp³-hybridized carbons (Fsp3) is 0.500. The molecule has 2 N–H and O–H groups in total. The van der Waals surface area contributed by atoms with Gasteiger partial charge in [-0.25, -0.2) is 8.42 Å². The van der Waals surface area contributed by atoms with Crippen molar-refractivity contribution in [3.05, 3.63) is 16.5 Å². The minimum atomic E-state index is -4.78. The number of hydrogen-bond acceptors (Lipinski definition) is 4. The molecule has 1 aromatic rings. The highest BCUT2D eigenvalue weighted by Crippen LogP contribution is 2.27. The average Bonchev–Trinajstić information content (AvgIpc) is 2.56. The summed E-state index contributed by atoms with van der Waals surface area (Å²) in [7, 11) is -4.29. The van der Waals surface area contributed by atoms with Crippen LogP contribution in [0.5, 0.6) is 0 Å². The third-order valence-corrected chi connectivity index (χ3v) is 5.54. The highest BCUT2D eigenvalue weighted by molar-refractivity contribution is 7.91. The van der Waals surface area contributed by atoms with Crippen molar-refractivity contribution in [3.63, 3.8) is 0 Å². The quantitative estimate of drug-likeness (QED) is 0.865. The molecule has 1 atom stereocenters. The van der Waals surface area contributed by atoms with Gasteiger partial charge in [-0.2, -0.15) is 17.9 Å². The summed E-state index contributed by atoms with van der Waals surface area (Å²) in [4.78, 5) is 11.4. The fourth-order valence-electron chi connectivity index (χ4n) is 1.33. The van der Waals surface area contributed by atoms with Crippen LogP contribution < -0.4 is 4.72 Å². The molecule has 0 saturated carbocycles. The van der Waals surface area contributed by atoms with Crippen LogP contribution in [0.2, 0.25) is 0 Å². The minimum absolute atomic E-state index is 0.207. The molecule has 0 amide bonds. The van der Waals surface area contributed by atoms with Gasteiger partial charge in [0.2, 0.25) is 0 Å². The molecule has 0 spiro atoms. The minimum Gasteiger partial charge on any atom is -0.480 e. The van der Waals surface area contributed by atoms with Crippen LogP contribution >= 0.6 is 11.3 Å². The van der Waals surface area contributed by atoms with Crippen LogP contribution in [-0.2, 0) is 14.8 Å². The zero-order valence-electron chi connectivity index (χ0n) is 10.5. The maximum atomic E-state index is 12.2. The Morgan fingerprint density at radius 1 is 1.45 bits per heavy atom. The number of aryl methyl sites for hydroxylation is 2. The first-order valence-electron chi connectivity index (χ1n) is 5.31. The molecule has 1 rings (SSSR count). The maximum Gasteiger partial charge on any atom is 0.391 e. The van der Waals surface area contributed by atoms with E-state index in [1.807, 2.05) is 0 Å². The Morgan fingerprint density at radius 2 is 2.00 bits per heavy atom. The predicted octanol–water partition coefficient (Wildman–Crippen LogP) is 2.05. The number of hydrogen-bond donors (Lipinski definition) is 2. The summed E-state index contributed by atoms with van der Waals surface area (Å²) in [6, 6.07) is -0.961. The van der Waals surface area contributed by atoms with E-state index < -0.39 is 34.6 Å². The summed E-state index contributed by atoms with van der Waals surface area (Å²) in [6.07, 6.45) is -6.56. The lowest BCUT2D eigenvalue weighted by atomic mass is 10.2. The molecule has 1 heterocycles. The average molecular weight is 331 g/mol. The topological polar surface area (TPSA) is 83.5 Å². The molecule has 1 aromatic heterocycles. The third kappa shape index (κ3) is 4.46. The second kappa shape index (κ2) is 5.70. The molecule has 0 aromatic carbocycles.